The summed E-state index contributed by atoms with van der Waals surface area (Å²) in [4.78, 5) is 41.8. The van der Waals surface area contributed by atoms with Gasteiger partial charge >= 0.3 is 12.0 Å². The molecular weight excluding hydrogens is 480 g/mol. The number of piperidine rings is 1. The number of nitrogens with two attached hydrogens (primary N) is 1. The molecule has 2 aromatic carbocycles. The number of aryl methyl sites for hydroxylation is 1. The van der Waals surface area contributed by atoms with Crippen LogP contribution >= 0.6 is 11.6 Å². The zero-order valence-electron chi connectivity index (χ0n) is 20.7. The zero-order chi connectivity index (χ0) is 26.0. The summed E-state index contributed by atoms with van der Waals surface area (Å²) in [6.07, 6.45) is 2.14. The molecule has 0 unspecified atom stereocenters. The third-order valence-electron chi connectivity index (χ3n) is 7.45. The average Bonchev–Trinajstić information content (AvgIpc) is 3.00. The molecule has 3 amide bonds. The first-order chi connectivity index (χ1) is 17.1. The predicted octanol–water partition coefficient (Wildman–Crippen LogP) is 4.34. The molecule has 9 heteroatoms. The molecule has 0 aromatic heterocycles. The number of halogens is 1. The van der Waals surface area contributed by atoms with Crippen molar-refractivity contribution in [2.45, 2.75) is 52.0 Å². The van der Waals surface area contributed by atoms with Crippen molar-refractivity contribution in [2.75, 3.05) is 30.7 Å². The van der Waals surface area contributed by atoms with Crippen LogP contribution in [0.15, 0.2) is 36.4 Å². The minimum absolute atomic E-state index is 0.0362. The summed E-state index contributed by atoms with van der Waals surface area (Å²) in [5.41, 5.74) is 8.59. The molecule has 8 nitrogen and oxygen atoms in total. The lowest BCUT2D eigenvalue weighted by molar-refractivity contribution is -0.153. The maximum absolute atomic E-state index is 13.2. The number of aliphatic carboxylic acids is 1. The van der Waals surface area contributed by atoms with Crippen LogP contribution in [0.5, 0.6) is 0 Å². The number of benzene rings is 2. The number of amides is 3. The lowest BCUT2D eigenvalue weighted by atomic mass is 9.79. The standard InChI is InChI=1S/C27H33ClN4O4/c1-17-13-18(14-21(28)24(17)29)15-27(2,25(34)35)16-23(33)31-10-8-20(9-11-31)32-12-7-19-5-3-4-6-22(19)30-26(32)36/h3-6,13-14,20H,7-12,15-16,29H2,1-2H3,(H,30,36)(H,34,35)/t27-/m0/s1. The summed E-state index contributed by atoms with van der Waals surface area (Å²) >= 11 is 6.20. The van der Waals surface area contributed by atoms with Gasteiger partial charge in [-0.25, -0.2) is 4.79 Å². The second kappa shape index (κ2) is 10.4. The number of rotatable bonds is 6. The lowest BCUT2D eigenvalue weighted by Gasteiger charge is -2.39. The normalized spacial score (nSPS) is 18.1. The molecule has 2 aliphatic rings. The number of carboxylic acids is 1. The van der Waals surface area contributed by atoms with Crippen molar-refractivity contribution in [3.63, 3.8) is 0 Å². The van der Waals surface area contributed by atoms with E-state index >= 15 is 0 Å². The second-order valence-electron chi connectivity index (χ2n) is 10.2. The quantitative estimate of drug-likeness (QED) is 0.498. The van der Waals surface area contributed by atoms with Gasteiger partial charge in [0, 0.05) is 37.8 Å². The molecule has 4 rings (SSSR count). The number of carbonyl (C=O) groups is 3. The number of carboxylic acid groups (broad SMARTS) is 1. The van der Waals surface area contributed by atoms with Crippen LogP contribution < -0.4 is 11.1 Å². The molecule has 192 valence electrons. The Hall–Kier alpha value is -3.26. The number of hydrogen-bond acceptors (Lipinski definition) is 4. The van der Waals surface area contributed by atoms with Crippen LogP contribution in [0.1, 0.15) is 42.9 Å². The van der Waals surface area contributed by atoms with Crippen LogP contribution in [-0.4, -0.2) is 58.5 Å². The first kappa shape index (κ1) is 25.8. The van der Waals surface area contributed by atoms with Gasteiger partial charge < -0.3 is 26.0 Å². The van der Waals surface area contributed by atoms with E-state index in [0.717, 1.165) is 28.8 Å². The van der Waals surface area contributed by atoms with Gasteiger partial charge in [-0.3, -0.25) is 9.59 Å². The van der Waals surface area contributed by atoms with E-state index in [4.69, 9.17) is 17.3 Å². The van der Waals surface area contributed by atoms with Gasteiger partial charge in [-0.05, 0) is 68.4 Å². The highest BCUT2D eigenvalue weighted by Crippen LogP contribution is 2.33. The summed E-state index contributed by atoms with van der Waals surface area (Å²) in [5.74, 6) is -1.22. The van der Waals surface area contributed by atoms with E-state index < -0.39 is 11.4 Å². The Balaban J connectivity index is 1.37. The van der Waals surface area contributed by atoms with Crippen LogP contribution in [0.4, 0.5) is 16.2 Å². The van der Waals surface area contributed by atoms with Crippen molar-refractivity contribution in [3.8, 4) is 0 Å². The summed E-state index contributed by atoms with van der Waals surface area (Å²) in [7, 11) is 0. The molecule has 36 heavy (non-hydrogen) atoms. The predicted molar refractivity (Wildman–Crippen MR) is 140 cm³/mol. The Morgan fingerprint density at radius 1 is 1.19 bits per heavy atom. The van der Waals surface area contributed by atoms with Gasteiger partial charge in [0.25, 0.3) is 0 Å². The number of carbonyl (C=O) groups excluding carboxylic acids is 2. The number of fused-ring (bicyclic) bond motifs is 1. The Bertz CT molecular complexity index is 1160. The highest BCUT2D eigenvalue weighted by Gasteiger charge is 2.39. The number of nitrogen functional groups attached to an aromatic ring is 1. The van der Waals surface area contributed by atoms with Gasteiger partial charge in [0.15, 0.2) is 0 Å². The molecule has 1 fully saturated rings. The number of hydrogen-bond donors (Lipinski definition) is 3. The van der Waals surface area contributed by atoms with Crippen molar-refractivity contribution < 1.29 is 19.5 Å². The summed E-state index contributed by atoms with van der Waals surface area (Å²) in [6.45, 7) is 5.02. The Morgan fingerprint density at radius 2 is 1.89 bits per heavy atom. The molecule has 4 N–H and O–H groups in total. The molecule has 2 heterocycles. The number of nitrogens with zero attached hydrogens (tertiary/aromatic N) is 2. The first-order valence-electron chi connectivity index (χ1n) is 12.3. The van der Waals surface area contributed by atoms with Gasteiger partial charge in [0.2, 0.25) is 5.91 Å². The number of anilines is 2. The van der Waals surface area contributed by atoms with Crippen LogP contribution in [0.25, 0.3) is 0 Å². The van der Waals surface area contributed by atoms with Crippen molar-refractivity contribution in [1.29, 1.82) is 0 Å². The van der Waals surface area contributed by atoms with Gasteiger partial charge in [-0.2, -0.15) is 0 Å². The lowest BCUT2D eigenvalue weighted by Crippen LogP contribution is -2.50. The van der Waals surface area contributed by atoms with Crippen molar-refractivity contribution >= 4 is 40.9 Å². The van der Waals surface area contributed by atoms with E-state index in [1.807, 2.05) is 42.2 Å². The van der Waals surface area contributed by atoms with Gasteiger partial charge in [-0.15, -0.1) is 0 Å². The van der Waals surface area contributed by atoms with Crippen molar-refractivity contribution in [3.05, 3.63) is 58.1 Å². The van der Waals surface area contributed by atoms with Gasteiger partial charge in [-0.1, -0.05) is 35.9 Å². The fourth-order valence-electron chi connectivity index (χ4n) is 5.20. The summed E-state index contributed by atoms with van der Waals surface area (Å²) in [6, 6.07) is 11.2. The van der Waals surface area contributed by atoms with E-state index in [9.17, 15) is 19.5 Å². The molecule has 0 aliphatic carbocycles. The number of urea groups is 1. The third-order valence-corrected chi connectivity index (χ3v) is 7.76. The van der Waals surface area contributed by atoms with Crippen LogP contribution in [-0.2, 0) is 22.4 Å². The fraction of sp³-hybridized carbons (Fsp3) is 0.444. The highest BCUT2D eigenvalue weighted by molar-refractivity contribution is 6.33. The molecule has 0 saturated carbocycles. The van der Waals surface area contributed by atoms with Gasteiger partial charge in [0.05, 0.1) is 16.1 Å². The molecule has 0 bridgehead atoms. The monoisotopic (exact) mass is 512 g/mol. The maximum Gasteiger partial charge on any atom is 0.322 e. The van der Waals surface area contributed by atoms with Gasteiger partial charge in [0.1, 0.15) is 0 Å². The molecule has 2 aliphatic heterocycles. The van der Waals surface area contributed by atoms with Crippen molar-refractivity contribution in [2.24, 2.45) is 5.41 Å². The SMILES string of the molecule is Cc1cc(C[C@@](C)(CC(=O)N2CCC(N3CCc4ccccc4NC3=O)CC2)C(=O)O)cc(Cl)c1N. The van der Waals surface area contributed by atoms with Crippen LogP contribution in [0.2, 0.25) is 5.02 Å². The molecule has 1 atom stereocenters. The molecule has 0 radical (unpaired) electrons. The number of nitrogens with one attached hydrogen (secondary N) is 1. The topological polar surface area (TPSA) is 116 Å². The Morgan fingerprint density at radius 3 is 2.56 bits per heavy atom. The second-order valence-corrected chi connectivity index (χ2v) is 10.6. The Labute approximate surface area is 216 Å². The van der Waals surface area contributed by atoms with E-state index in [1.54, 1.807) is 17.9 Å². The molecule has 1 saturated heterocycles. The smallest absolute Gasteiger partial charge is 0.322 e. The zero-order valence-corrected chi connectivity index (χ0v) is 21.5. The summed E-state index contributed by atoms with van der Waals surface area (Å²) in [5, 5.41) is 13.4. The largest absolute Gasteiger partial charge is 0.481 e. The number of likely N-dealkylation sites (tertiary alicyclic amines) is 1. The highest BCUT2D eigenvalue weighted by atomic mass is 35.5. The summed E-state index contributed by atoms with van der Waals surface area (Å²) < 4.78 is 0. The maximum atomic E-state index is 13.2. The van der Waals surface area contributed by atoms with E-state index in [0.29, 0.717) is 43.2 Å². The average molecular weight is 513 g/mol. The molecule has 0 spiro atoms. The van der Waals surface area contributed by atoms with Crippen LogP contribution in [0.3, 0.4) is 0 Å². The first-order valence-corrected chi connectivity index (χ1v) is 12.7. The van der Waals surface area contributed by atoms with Crippen molar-refractivity contribution in [1.82, 2.24) is 9.80 Å². The minimum atomic E-state index is -1.28. The van der Waals surface area contributed by atoms with E-state index in [1.165, 1.54) is 0 Å². The molecular formula is C27H33ClN4O4. The molecule has 2 aromatic rings. The van der Waals surface area contributed by atoms with E-state index in [2.05, 4.69) is 5.32 Å². The third kappa shape index (κ3) is 5.43. The Kier molecular flexibility index (Phi) is 7.45. The fourth-order valence-corrected chi connectivity index (χ4v) is 5.49. The minimum Gasteiger partial charge on any atom is -0.481 e. The van der Waals surface area contributed by atoms with E-state index in [-0.39, 0.29) is 30.8 Å². The van der Waals surface area contributed by atoms with Crippen LogP contribution in [0, 0.1) is 12.3 Å². The number of para-hydroxylation sites is 1.